The zero-order chi connectivity index (χ0) is 17.6. The first-order chi connectivity index (χ1) is 12.1. The van der Waals surface area contributed by atoms with Crippen LogP contribution >= 0.6 is 0 Å². The van der Waals surface area contributed by atoms with E-state index in [1.165, 1.54) is 0 Å². The Hall–Kier alpha value is -2.92. The maximum absolute atomic E-state index is 12.0. The van der Waals surface area contributed by atoms with Crippen LogP contribution in [0, 0.1) is 24.2 Å². The molecule has 0 unspecified atom stereocenters. The van der Waals surface area contributed by atoms with Crippen LogP contribution in [-0.4, -0.2) is 47.1 Å². The summed E-state index contributed by atoms with van der Waals surface area (Å²) in [5.74, 6) is 1.50. The highest BCUT2D eigenvalue weighted by Crippen LogP contribution is 2.17. The fourth-order valence-corrected chi connectivity index (χ4v) is 2.84. The smallest absolute Gasteiger partial charge is 0.240 e. The third kappa shape index (κ3) is 4.78. The largest absolute Gasteiger partial charge is 0.370 e. The molecule has 2 N–H and O–H groups in total. The summed E-state index contributed by atoms with van der Waals surface area (Å²) in [5, 5.41) is 18.5. The van der Waals surface area contributed by atoms with Crippen molar-refractivity contribution in [2.45, 2.75) is 13.3 Å². The molecule has 0 spiro atoms. The number of nitrogens with one attached hydrogen (secondary N) is 2. The Morgan fingerprint density at radius 1 is 1.52 bits per heavy atom. The fourth-order valence-electron chi connectivity index (χ4n) is 2.84. The first-order valence-electron chi connectivity index (χ1n) is 8.18. The molecular weight excluding hydrogens is 320 g/mol. The van der Waals surface area contributed by atoms with Crippen LogP contribution in [-0.2, 0) is 4.79 Å². The van der Waals surface area contributed by atoms with Gasteiger partial charge in [-0.1, -0.05) is 5.16 Å². The first kappa shape index (κ1) is 16.9. The average Bonchev–Trinajstić information content (AvgIpc) is 3.22. The van der Waals surface area contributed by atoms with Crippen LogP contribution in [0.25, 0.3) is 0 Å². The molecular formula is C17H20N6O2. The zero-order valence-corrected chi connectivity index (χ0v) is 14.0. The Labute approximate surface area is 145 Å². The van der Waals surface area contributed by atoms with Crippen LogP contribution in [0.4, 0.5) is 11.7 Å². The molecule has 8 heteroatoms. The van der Waals surface area contributed by atoms with Gasteiger partial charge in [-0.2, -0.15) is 5.26 Å². The Balaban J connectivity index is 1.40. The van der Waals surface area contributed by atoms with Gasteiger partial charge in [0.15, 0.2) is 0 Å². The molecule has 8 nitrogen and oxygen atoms in total. The Morgan fingerprint density at radius 2 is 2.40 bits per heavy atom. The Morgan fingerprint density at radius 3 is 3.08 bits per heavy atom. The van der Waals surface area contributed by atoms with E-state index >= 15 is 0 Å². The SMILES string of the molecule is Cc1cc(NC(=O)CN2CC[C@H](CNc3ccc(C#N)cn3)C2)on1. The molecule has 3 heterocycles. The number of anilines is 2. The maximum atomic E-state index is 12.0. The predicted octanol–water partition coefficient (Wildman–Crippen LogP) is 1.62. The molecule has 1 amide bonds. The van der Waals surface area contributed by atoms with Crippen LogP contribution in [0.5, 0.6) is 0 Å². The lowest BCUT2D eigenvalue weighted by Crippen LogP contribution is -2.32. The van der Waals surface area contributed by atoms with E-state index in [0.717, 1.165) is 37.6 Å². The number of amides is 1. The molecule has 1 aliphatic heterocycles. The van der Waals surface area contributed by atoms with Crippen molar-refractivity contribution in [3.05, 3.63) is 35.7 Å². The number of hydrogen-bond donors (Lipinski definition) is 2. The van der Waals surface area contributed by atoms with Gasteiger partial charge in [-0.3, -0.25) is 15.0 Å². The fraction of sp³-hybridized carbons (Fsp3) is 0.412. The monoisotopic (exact) mass is 340 g/mol. The normalized spacial score (nSPS) is 17.2. The van der Waals surface area contributed by atoms with Crippen molar-refractivity contribution < 1.29 is 9.32 Å². The zero-order valence-electron chi connectivity index (χ0n) is 14.0. The Kier molecular flexibility index (Phi) is 5.26. The van der Waals surface area contributed by atoms with Gasteiger partial charge in [0.1, 0.15) is 11.9 Å². The second kappa shape index (κ2) is 7.77. The highest BCUT2D eigenvalue weighted by atomic mass is 16.5. The second-order valence-corrected chi connectivity index (χ2v) is 6.20. The topological polar surface area (TPSA) is 107 Å². The van der Waals surface area contributed by atoms with Gasteiger partial charge in [-0.25, -0.2) is 4.98 Å². The Bertz CT molecular complexity index is 764. The molecule has 3 rings (SSSR count). The van der Waals surface area contributed by atoms with Gasteiger partial charge in [0, 0.05) is 25.4 Å². The highest BCUT2D eigenvalue weighted by Gasteiger charge is 2.24. The van der Waals surface area contributed by atoms with Crippen LogP contribution in [0.1, 0.15) is 17.7 Å². The lowest BCUT2D eigenvalue weighted by Gasteiger charge is -2.15. The van der Waals surface area contributed by atoms with Crippen LogP contribution in [0.3, 0.4) is 0 Å². The summed E-state index contributed by atoms with van der Waals surface area (Å²) in [6.45, 7) is 4.67. The number of rotatable bonds is 6. The molecule has 1 fully saturated rings. The molecule has 2 aromatic rings. The minimum Gasteiger partial charge on any atom is -0.370 e. The molecule has 130 valence electrons. The van der Waals surface area contributed by atoms with Crippen LogP contribution < -0.4 is 10.6 Å². The van der Waals surface area contributed by atoms with Crippen molar-refractivity contribution in [2.24, 2.45) is 5.92 Å². The number of likely N-dealkylation sites (tertiary alicyclic amines) is 1. The molecule has 25 heavy (non-hydrogen) atoms. The van der Waals surface area contributed by atoms with Gasteiger partial charge in [-0.05, 0) is 37.9 Å². The van der Waals surface area contributed by atoms with Gasteiger partial charge in [0.25, 0.3) is 0 Å². The minimum absolute atomic E-state index is 0.0986. The standard InChI is InChI=1S/C17H20N6O2/c1-12-6-17(25-22-12)21-16(24)11-23-5-4-14(10-23)9-20-15-3-2-13(7-18)8-19-15/h2-3,6,8,14H,4-5,9-11H2,1H3,(H,19,20)(H,21,24)/t14-/m1/s1. The maximum Gasteiger partial charge on any atom is 0.240 e. The molecule has 0 bridgehead atoms. The van der Waals surface area contributed by atoms with Gasteiger partial charge < -0.3 is 9.84 Å². The molecule has 2 aromatic heterocycles. The molecule has 1 atom stereocenters. The van der Waals surface area contributed by atoms with Crippen molar-refractivity contribution >= 4 is 17.6 Å². The van der Waals surface area contributed by atoms with E-state index in [9.17, 15) is 4.79 Å². The van der Waals surface area contributed by atoms with E-state index in [4.69, 9.17) is 9.78 Å². The van der Waals surface area contributed by atoms with Gasteiger partial charge >= 0.3 is 0 Å². The van der Waals surface area contributed by atoms with Crippen molar-refractivity contribution in [1.82, 2.24) is 15.0 Å². The van der Waals surface area contributed by atoms with E-state index in [0.29, 0.717) is 23.9 Å². The van der Waals surface area contributed by atoms with E-state index in [1.807, 2.05) is 6.07 Å². The number of nitriles is 1. The summed E-state index contributed by atoms with van der Waals surface area (Å²) in [6, 6.07) is 7.29. The number of carbonyl (C=O) groups is 1. The molecule has 0 aliphatic carbocycles. The van der Waals surface area contributed by atoms with Crippen LogP contribution in [0.15, 0.2) is 28.9 Å². The highest BCUT2D eigenvalue weighted by molar-refractivity contribution is 5.90. The van der Waals surface area contributed by atoms with Crippen molar-refractivity contribution in [2.75, 3.05) is 36.8 Å². The number of carbonyl (C=O) groups excluding carboxylic acids is 1. The lowest BCUT2D eigenvalue weighted by atomic mass is 10.1. The van der Waals surface area contributed by atoms with Crippen molar-refractivity contribution in [3.8, 4) is 6.07 Å². The van der Waals surface area contributed by atoms with E-state index < -0.39 is 0 Å². The number of aromatic nitrogens is 2. The number of hydrogen-bond acceptors (Lipinski definition) is 7. The van der Waals surface area contributed by atoms with Crippen molar-refractivity contribution in [3.63, 3.8) is 0 Å². The number of aryl methyl sites for hydroxylation is 1. The second-order valence-electron chi connectivity index (χ2n) is 6.20. The third-order valence-electron chi connectivity index (χ3n) is 4.09. The predicted molar refractivity (Wildman–Crippen MR) is 91.9 cm³/mol. The molecule has 0 saturated carbocycles. The minimum atomic E-state index is -0.0986. The van der Waals surface area contributed by atoms with Gasteiger partial charge in [0.05, 0.1) is 17.8 Å². The summed E-state index contributed by atoms with van der Waals surface area (Å²) in [4.78, 5) is 18.4. The first-order valence-corrected chi connectivity index (χ1v) is 8.18. The van der Waals surface area contributed by atoms with Gasteiger partial charge in [-0.15, -0.1) is 0 Å². The van der Waals surface area contributed by atoms with Crippen LogP contribution in [0.2, 0.25) is 0 Å². The quantitative estimate of drug-likeness (QED) is 0.823. The summed E-state index contributed by atoms with van der Waals surface area (Å²) in [5.41, 5.74) is 1.28. The lowest BCUT2D eigenvalue weighted by molar-refractivity contribution is -0.117. The van der Waals surface area contributed by atoms with E-state index in [1.54, 1.807) is 31.3 Å². The summed E-state index contributed by atoms with van der Waals surface area (Å²) in [7, 11) is 0. The van der Waals surface area contributed by atoms with E-state index in [-0.39, 0.29) is 5.91 Å². The summed E-state index contributed by atoms with van der Waals surface area (Å²) < 4.78 is 4.99. The summed E-state index contributed by atoms with van der Waals surface area (Å²) >= 11 is 0. The molecule has 0 radical (unpaired) electrons. The van der Waals surface area contributed by atoms with Crippen molar-refractivity contribution in [1.29, 1.82) is 5.26 Å². The third-order valence-corrected chi connectivity index (χ3v) is 4.09. The summed E-state index contributed by atoms with van der Waals surface area (Å²) in [6.07, 6.45) is 2.58. The molecule has 1 saturated heterocycles. The number of nitrogens with zero attached hydrogens (tertiary/aromatic N) is 4. The molecule has 1 aliphatic rings. The number of pyridine rings is 1. The average molecular weight is 340 g/mol. The van der Waals surface area contributed by atoms with Gasteiger partial charge in [0.2, 0.25) is 11.8 Å². The van der Waals surface area contributed by atoms with E-state index in [2.05, 4.69) is 25.7 Å². The molecule has 0 aromatic carbocycles.